The van der Waals surface area contributed by atoms with Gasteiger partial charge in [-0.3, -0.25) is 4.79 Å². The van der Waals surface area contributed by atoms with Crippen LogP contribution in [0.2, 0.25) is 0 Å². The fourth-order valence-electron chi connectivity index (χ4n) is 2.28. The number of carbonyl (C=O) groups is 1. The molecule has 2 unspecified atom stereocenters. The van der Waals surface area contributed by atoms with Crippen molar-refractivity contribution in [2.24, 2.45) is 23.3 Å². The second-order valence-electron chi connectivity index (χ2n) is 4.32. The molecule has 5 N–H and O–H groups in total. The molecule has 1 aliphatic carbocycles. The van der Waals surface area contributed by atoms with E-state index in [1.54, 1.807) is 0 Å². The third-order valence-electron chi connectivity index (χ3n) is 3.23. The molecule has 1 saturated carbocycles. The molecule has 0 aromatic carbocycles. The highest BCUT2D eigenvalue weighted by molar-refractivity contribution is 5.79. The molecule has 4 nitrogen and oxygen atoms in total. The predicted molar refractivity (Wildman–Crippen MR) is 61.2 cm³/mol. The lowest BCUT2D eigenvalue weighted by molar-refractivity contribution is -0.127. The van der Waals surface area contributed by atoms with Crippen molar-refractivity contribution in [1.29, 1.82) is 0 Å². The molecule has 0 bridgehead atoms. The van der Waals surface area contributed by atoms with Crippen LogP contribution in [0, 0.1) is 11.8 Å². The number of amides is 1. The maximum atomic E-state index is 11.8. The van der Waals surface area contributed by atoms with Crippen LogP contribution in [0.3, 0.4) is 0 Å². The molecule has 0 spiro atoms. The zero-order valence-corrected chi connectivity index (χ0v) is 9.37. The van der Waals surface area contributed by atoms with Crippen LogP contribution in [-0.2, 0) is 4.79 Å². The molecule has 88 valence electrons. The Labute approximate surface area is 91.8 Å². The van der Waals surface area contributed by atoms with Gasteiger partial charge < -0.3 is 16.8 Å². The van der Waals surface area contributed by atoms with Gasteiger partial charge in [-0.2, -0.15) is 0 Å². The summed E-state index contributed by atoms with van der Waals surface area (Å²) in [7, 11) is 0. The van der Waals surface area contributed by atoms with Gasteiger partial charge in [-0.25, -0.2) is 0 Å². The zero-order chi connectivity index (χ0) is 11.1. The van der Waals surface area contributed by atoms with Crippen molar-refractivity contribution in [3.63, 3.8) is 0 Å². The van der Waals surface area contributed by atoms with Crippen molar-refractivity contribution in [2.75, 3.05) is 19.6 Å². The van der Waals surface area contributed by atoms with E-state index in [4.69, 9.17) is 11.5 Å². The molecule has 4 heteroatoms. The summed E-state index contributed by atoms with van der Waals surface area (Å²) < 4.78 is 0. The summed E-state index contributed by atoms with van der Waals surface area (Å²) in [6.07, 6.45) is 5.33. The van der Waals surface area contributed by atoms with Crippen LogP contribution in [-0.4, -0.2) is 25.5 Å². The lowest BCUT2D eigenvalue weighted by atomic mass is 9.79. The Morgan fingerprint density at radius 2 is 2.00 bits per heavy atom. The van der Waals surface area contributed by atoms with Crippen molar-refractivity contribution >= 4 is 5.91 Å². The van der Waals surface area contributed by atoms with Crippen LogP contribution >= 0.6 is 0 Å². The smallest absolute Gasteiger partial charge is 0.223 e. The number of nitrogens with two attached hydrogens (primary N) is 2. The van der Waals surface area contributed by atoms with E-state index < -0.39 is 0 Å². The minimum Gasteiger partial charge on any atom is -0.356 e. The Morgan fingerprint density at radius 3 is 2.67 bits per heavy atom. The summed E-state index contributed by atoms with van der Waals surface area (Å²) in [5.74, 6) is 0.705. The summed E-state index contributed by atoms with van der Waals surface area (Å²) in [5, 5.41) is 2.94. The van der Waals surface area contributed by atoms with Gasteiger partial charge in [0.05, 0.1) is 0 Å². The minimum absolute atomic E-state index is 0.140. The molecule has 0 aromatic heterocycles. The average molecular weight is 213 g/mol. The molecule has 0 radical (unpaired) electrons. The molecule has 2 atom stereocenters. The maximum Gasteiger partial charge on any atom is 0.223 e. The van der Waals surface area contributed by atoms with Crippen molar-refractivity contribution in [3.05, 3.63) is 0 Å². The minimum atomic E-state index is 0.140. The van der Waals surface area contributed by atoms with Gasteiger partial charge in [-0.05, 0) is 38.3 Å². The molecular weight excluding hydrogens is 190 g/mol. The molecule has 15 heavy (non-hydrogen) atoms. The highest BCUT2D eigenvalue weighted by atomic mass is 16.1. The fraction of sp³-hybridized carbons (Fsp3) is 0.909. The third-order valence-corrected chi connectivity index (χ3v) is 3.23. The Kier molecular flexibility index (Phi) is 5.65. The SMILES string of the molecule is NCCCNC(=O)C1CCCCC1CN. The number of rotatable bonds is 5. The second kappa shape index (κ2) is 6.80. The van der Waals surface area contributed by atoms with Crippen LogP contribution < -0.4 is 16.8 Å². The van der Waals surface area contributed by atoms with Crippen LogP contribution in [0.4, 0.5) is 0 Å². The highest BCUT2D eigenvalue weighted by Gasteiger charge is 2.29. The van der Waals surface area contributed by atoms with Crippen LogP contribution in [0.1, 0.15) is 32.1 Å². The summed E-state index contributed by atoms with van der Waals surface area (Å²) in [6.45, 7) is 1.96. The van der Waals surface area contributed by atoms with Gasteiger partial charge in [0.15, 0.2) is 0 Å². The van der Waals surface area contributed by atoms with Crippen LogP contribution in [0.5, 0.6) is 0 Å². The second-order valence-corrected chi connectivity index (χ2v) is 4.32. The van der Waals surface area contributed by atoms with E-state index in [1.165, 1.54) is 6.42 Å². The van der Waals surface area contributed by atoms with Crippen molar-refractivity contribution < 1.29 is 4.79 Å². The number of nitrogens with one attached hydrogen (secondary N) is 1. The summed E-state index contributed by atoms with van der Waals surface area (Å²) in [6, 6.07) is 0. The number of carbonyl (C=O) groups excluding carboxylic acids is 1. The Bertz CT molecular complexity index is 196. The van der Waals surface area contributed by atoms with Gasteiger partial charge in [0.1, 0.15) is 0 Å². The number of hydrogen-bond donors (Lipinski definition) is 3. The van der Waals surface area contributed by atoms with Crippen molar-refractivity contribution in [1.82, 2.24) is 5.32 Å². The topological polar surface area (TPSA) is 81.1 Å². The number of hydrogen-bond acceptors (Lipinski definition) is 3. The van der Waals surface area contributed by atoms with Gasteiger partial charge in [0, 0.05) is 12.5 Å². The average Bonchev–Trinajstić information content (AvgIpc) is 2.29. The molecule has 0 aromatic rings. The van der Waals surface area contributed by atoms with Gasteiger partial charge in [-0.15, -0.1) is 0 Å². The molecule has 1 fully saturated rings. The predicted octanol–water partition coefficient (Wildman–Crippen LogP) is 0.217. The van der Waals surface area contributed by atoms with Crippen LogP contribution in [0.15, 0.2) is 0 Å². The first-order valence-electron chi connectivity index (χ1n) is 5.97. The van der Waals surface area contributed by atoms with Gasteiger partial charge >= 0.3 is 0 Å². The molecule has 0 heterocycles. The van der Waals surface area contributed by atoms with E-state index in [0.717, 1.165) is 25.7 Å². The first-order chi connectivity index (χ1) is 7.29. The molecule has 1 rings (SSSR count). The first-order valence-corrected chi connectivity index (χ1v) is 5.97. The van der Waals surface area contributed by atoms with Gasteiger partial charge in [0.2, 0.25) is 5.91 Å². The monoisotopic (exact) mass is 213 g/mol. The van der Waals surface area contributed by atoms with Gasteiger partial charge in [-0.1, -0.05) is 12.8 Å². The normalized spacial score (nSPS) is 26.3. The molecule has 1 aliphatic rings. The van der Waals surface area contributed by atoms with E-state index in [9.17, 15) is 4.79 Å². The van der Waals surface area contributed by atoms with E-state index in [2.05, 4.69) is 5.32 Å². The largest absolute Gasteiger partial charge is 0.356 e. The van der Waals surface area contributed by atoms with E-state index in [-0.39, 0.29) is 11.8 Å². The lowest BCUT2D eigenvalue weighted by Crippen LogP contribution is -2.40. The Morgan fingerprint density at radius 1 is 1.27 bits per heavy atom. The highest BCUT2D eigenvalue weighted by Crippen LogP contribution is 2.29. The first kappa shape index (κ1) is 12.5. The molecule has 1 amide bonds. The summed E-state index contributed by atoms with van der Waals surface area (Å²) >= 11 is 0. The van der Waals surface area contributed by atoms with Crippen LogP contribution in [0.25, 0.3) is 0 Å². The van der Waals surface area contributed by atoms with Gasteiger partial charge in [0.25, 0.3) is 0 Å². The summed E-state index contributed by atoms with van der Waals surface area (Å²) in [5.41, 5.74) is 11.1. The Balaban J connectivity index is 2.34. The van der Waals surface area contributed by atoms with Crippen molar-refractivity contribution in [2.45, 2.75) is 32.1 Å². The maximum absolute atomic E-state index is 11.8. The molecule has 0 saturated heterocycles. The van der Waals surface area contributed by atoms with E-state index in [1.807, 2.05) is 0 Å². The third kappa shape index (κ3) is 3.80. The zero-order valence-electron chi connectivity index (χ0n) is 9.37. The van der Waals surface area contributed by atoms with E-state index >= 15 is 0 Å². The molecule has 0 aliphatic heterocycles. The standard InChI is InChI=1S/C11H23N3O/c12-6-3-7-14-11(15)10-5-2-1-4-9(10)8-13/h9-10H,1-8,12-13H2,(H,14,15). The lowest BCUT2D eigenvalue weighted by Gasteiger charge is -2.29. The summed E-state index contributed by atoms with van der Waals surface area (Å²) in [4.78, 5) is 11.8. The van der Waals surface area contributed by atoms with E-state index in [0.29, 0.717) is 25.6 Å². The quantitative estimate of drug-likeness (QED) is 0.571. The Hall–Kier alpha value is -0.610. The van der Waals surface area contributed by atoms with Crippen molar-refractivity contribution in [3.8, 4) is 0 Å². The molecular formula is C11H23N3O. The fourth-order valence-corrected chi connectivity index (χ4v) is 2.28.